The van der Waals surface area contributed by atoms with Gasteiger partial charge in [0.1, 0.15) is 0 Å². The van der Waals surface area contributed by atoms with Crippen LogP contribution in [0.1, 0.15) is 19.8 Å². The third kappa shape index (κ3) is 2.12. The quantitative estimate of drug-likeness (QED) is 0.901. The van der Waals surface area contributed by atoms with Crippen LogP contribution in [0.5, 0.6) is 0 Å². The zero-order valence-electron chi connectivity index (χ0n) is 10.7. The Morgan fingerprint density at radius 1 is 1.47 bits per heavy atom. The van der Waals surface area contributed by atoms with Crippen molar-refractivity contribution in [3.63, 3.8) is 0 Å². The first-order valence-corrected chi connectivity index (χ1v) is 7.82. The third-order valence-corrected chi connectivity index (χ3v) is 5.32. The number of aromatic amines is 1. The summed E-state index contributed by atoms with van der Waals surface area (Å²) < 4.78 is 26.8. The number of rotatable bonds is 2. The zero-order chi connectivity index (χ0) is 13.5. The Hall–Kier alpha value is -1.47. The number of aromatic nitrogens is 3. The lowest BCUT2D eigenvalue weighted by Crippen LogP contribution is -2.39. The Morgan fingerprint density at radius 3 is 3.11 bits per heavy atom. The van der Waals surface area contributed by atoms with E-state index in [1.165, 1.54) is 4.31 Å². The molecule has 1 aliphatic heterocycles. The van der Waals surface area contributed by atoms with Gasteiger partial charge in [-0.25, -0.2) is 13.4 Å². The molecule has 1 N–H and O–H groups in total. The molecule has 102 valence electrons. The minimum Gasteiger partial charge on any atom is -0.259 e. The van der Waals surface area contributed by atoms with Gasteiger partial charge in [-0.3, -0.25) is 5.10 Å². The van der Waals surface area contributed by atoms with Gasteiger partial charge in [-0.15, -0.1) is 0 Å². The van der Waals surface area contributed by atoms with Crippen LogP contribution in [0.15, 0.2) is 23.4 Å². The van der Waals surface area contributed by atoms with E-state index in [-0.39, 0.29) is 5.03 Å². The monoisotopic (exact) mass is 280 g/mol. The topological polar surface area (TPSA) is 79.0 Å². The van der Waals surface area contributed by atoms with Gasteiger partial charge in [-0.1, -0.05) is 6.92 Å². The molecule has 2 aromatic heterocycles. The summed E-state index contributed by atoms with van der Waals surface area (Å²) in [6, 6.07) is 3.45. The molecule has 0 aliphatic carbocycles. The summed E-state index contributed by atoms with van der Waals surface area (Å²) in [7, 11) is -3.53. The van der Waals surface area contributed by atoms with Gasteiger partial charge in [0.05, 0.1) is 5.39 Å². The van der Waals surface area contributed by atoms with Gasteiger partial charge >= 0.3 is 0 Å². The minimum atomic E-state index is -3.53. The van der Waals surface area contributed by atoms with E-state index in [0.29, 0.717) is 30.0 Å². The number of pyridine rings is 1. The highest BCUT2D eigenvalue weighted by Gasteiger charge is 2.31. The number of hydrogen-bond donors (Lipinski definition) is 1. The highest BCUT2D eigenvalue weighted by Crippen LogP contribution is 2.26. The summed E-state index contributed by atoms with van der Waals surface area (Å²) in [5.74, 6) is 0.395. The lowest BCUT2D eigenvalue weighted by atomic mass is 10.0. The second-order valence-electron chi connectivity index (χ2n) is 5.04. The van der Waals surface area contributed by atoms with E-state index >= 15 is 0 Å². The second-order valence-corrected chi connectivity index (χ2v) is 6.89. The van der Waals surface area contributed by atoms with Gasteiger partial charge in [0, 0.05) is 19.3 Å². The van der Waals surface area contributed by atoms with E-state index in [1.54, 1.807) is 18.3 Å². The van der Waals surface area contributed by atoms with Crippen LogP contribution in [0.4, 0.5) is 0 Å². The van der Waals surface area contributed by atoms with Crippen molar-refractivity contribution < 1.29 is 8.42 Å². The molecule has 7 heteroatoms. The number of fused-ring (bicyclic) bond motifs is 1. The summed E-state index contributed by atoms with van der Waals surface area (Å²) in [5, 5.41) is 7.27. The number of sulfonamides is 1. The van der Waals surface area contributed by atoms with Crippen LogP contribution in [-0.2, 0) is 10.0 Å². The molecule has 1 unspecified atom stereocenters. The second kappa shape index (κ2) is 4.57. The smallest absolute Gasteiger partial charge is 0.259 e. The first kappa shape index (κ1) is 12.6. The van der Waals surface area contributed by atoms with Gasteiger partial charge in [-0.05, 0) is 30.9 Å². The molecule has 3 rings (SSSR count). The van der Waals surface area contributed by atoms with E-state index in [0.717, 1.165) is 12.8 Å². The van der Waals surface area contributed by atoms with Crippen molar-refractivity contribution in [1.82, 2.24) is 19.5 Å². The van der Waals surface area contributed by atoms with Crippen LogP contribution in [-0.4, -0.2) is 41.0 Å². The predicted molar refractivity (Wildman–Crippen MR) is 71.0 cm³/mol. The van der Waals surface area contributed by atoms with Gasteiger partial charge in [0.25, 0.3) is 10.0 Å². The molecule has 1 saturated heterocycles. The first-order valence-electron chi connectivity index (χ1n) is 6.38. The summed E-state index contributed by atoms with van der Waals surface area (Å²) in [6.45, 7) is 3.21. The summed E-state index contributed by atoms with van der Waals surface area (Å²) >= 11 is 0. The standard InChI is InChI=1S/C12H16N4O2S/c1-9-4-3-7-16(8-9)19(17,18)12-10-5-2-6-13-11(10)14-15-12/h2,5-6,9H,3-4,7-8H2,1H3,(H,13,14,15). The number of H-pyrrole nitrogens is 1. The van der Waals surface area contributed by atoms with E-state index in [9.17, 15) is 8.42 Å². The number of nitrogens with one attached hydrogen (secondary N) is 1. The third-order valence-electron chi connectivity index (χ3n) is 3.51. The maximum Gasteiger partial charge on any atom is 0.263 e. The average Bonchev–Trinajstić information content (AvgIpc) is 2.83. The van der Waals surface area contributed by atoms with Crippen LogP contribution in [0.25, 0.3) is 11.0 Å². The molecule has 19 heavy (non-hydrogen) atoms. The number of hydrogen-bond acceptors (Lipinski definition) is 4. The van der Waals surface area contributed by atoms with Gasteiger partial charge < -0.3 is 0 Å². The number of nitrogens with zero attached hydrogens (tertiary/aromatic N) is 3. The highest BCUT2D eigenvalue weighted by molar-refractivity contribution is 7.89. The van der Waals surface area contributed by atoms with E-state index in [4.69, 9.17) is 0 Å². The molecule has 2 aromatic rings. The molecule has 6 nitrogen and oxygen atoms in total. The van der Waals surface area contributed by atoms with Crippen molar-refractivity contribution in [1.29, 1.82) is 0 Å². The van der Waals surface area contributed by atoms with Gasteiger partial charge in [0.2, 0.25) is 5.03 Å². The summed E-state index contributed by atoms with van der Waals surface area (Å²) in [4.78, 5) is 4.07. The van der Waals surface area contributed by atoms with Crippen molar-refractivity contribution in [2.45, 2.75) is 24.8 Å². The summed E-state index contributed by atoms with van der Waals surface area (Å²) in [6.07, 6.45) is 3.59. The Morgan fingerprint density at radius 2 is 2.32 bits per heavy atom. The molecule has 1 fully saturated rings. The maximum absolute atomic E-state index is 12.6. The first-order chi connectivity index (χ1) is 9.09. The Labute approximate surface area is 111 Å². The fourth-order valence-electron chi connectivity index (χ4n) is 2.51. The molecule has 0 aromatic carbocycles. The lowest BCUT2D eigenvalue weighted by Gasteiger charge is -2.29. The largest absolute Gasteiger partial charge is 0.263 e. The van der Waals surface area contributed by atoms with Crippen LogP contribution < -0.4 is 0 Å². The van der Waals surface area contributed by atoms with Crippen molar-refractivity contribution in [2.24, 2.45) is 5.92 Å². The van der Waals surface area contributed by atoms with E-state index in [2.05, 4.69) is 22.1 Å². The van der Waals surface area contributed by atoms with E-state index in [1.807, 2.05) is 0 Å². The molecular formula is C12H16N4O2S. The van der Waals surface area contributed by atoms with Crippen LogP contribution in [0.3, 0.4) is 0 Å². The van der Waals surface area contributed by atoms with Crippen LogP contribution in [0.2, 0.25) is 0 Å². The van der Waals surface area contributed by atoms with Crippen molar-refractivity contribution >= 4 is 21.1 Å². The molecule has 3 heterocycles. The molecule has 0 bridgehead atoms. The molecule has 0 spiro atoms. The van der Waals surface area contributed by atoms with Crippen LogP contribution >= 0.6 is 0 Å². The fourth-order valence-corrected chi connectivity index (χ4v) is 4.18. The average molecular weight is 280 g/mol. The maximum atomic E-state index is 12.6. The molecular weight excluding hydrogens is 264 g/mol. The highest BCUT2D eigenvalue weighted by atomic mass is 32.2. The van der Waals surface area contributed by atoms with Gasteiger partial charge in [-0.2, -0.15) is 9.40 Å². The SMILES string of the molecule is CC1CCCN(S(=O)(=O)c2n[nH]c3ncccc23)C1. The zero-order valence-corrected chi connectivity index (χ0v) is 11.5. The molecule has 1 aliphatic rings. The Bertz CT molecular complexity index is 695. The molecule has 0 radical (unpaired) electrons. The molecule has 1 atom stereocenters. The molecule has 0 saturated carbocycles. The summed E-state index contributed by atoms with van der Waals surface area (Å²) in [5.41, 5.74) is 0.506. The fraction of sp³-hybridized carbons (Fsp3) is 0.500. The normalized spacial score (nSPS) is 21.8. The number of piperidine rings is 1. The van der Waals surface area contributed by atoms with Crippen molar-refractivity contribution in [3.8, 4) is 0 Å². The van der Waals surface area contributed by atoms with Crippen LogP contribution in [0, 0.1) is 5.92 Å². The van der Waals surface area contributed by atoms with Crippen molar-refractivity contribution in [3.05, 3.63) is 18.3 Å². The Balaban J connectivity index is 2.04. The molecule has 0 amide bonds. The Kier molecular flexibility index (Phi) is 3.02. The lowest BCUT2D eigenvalue weighted by molar-refractivity contribution is 0.281. The predicted octanol–water partition coefficient (Wildman–Crippen LogP) is 1.38. The van der Waals surface area contributed by atoms with Crippen molar-refractivity contribution in [2.75, 3.05) is 13.1 Å². The van der Waals surface area contributed by atoms with Gasteiger partial charge in [0.15, 0.2) is 5.65 Å². The van der Waals surface area contributed by atoms with E-state index < -0.39 is 10.0 Å². The minimum absolute atomic E-state index is 0.0877.